The lowest BCUT2D eigenvalue weighted by Gasteiger charge is -2.43. The maximum Gasteiger partial charge on any atom is 0.303 e. The summed E-state index contributed by atoms with van der Waals surface area (Å²) in [6.45, 7) is 0. The van der Waals surface area contributed by atoms with E-state index in [-0.39, 0.29) is 22.6 Å². The molecule has 2 heterocycles. The van der Waals surface area contributed by atoms with Gasteiger partial charge in [0, 0.05) is 25.0 Å². The fraction of sp³-hybridized carbons (Fsp3) is 0.375. The highest BCUT2D eigenvalue weighted by Gasteiger charge is 2.47. The number of hydrogen-bond donors (Lipinski definition) is 2. The molecule has 2 aliphatic rings. The van der Waals surface area contributed by atoms with Crippen molar-refractivity contribution < 1.29 is 24.0 Å². The Labute approximate surface area is 190 Å². The quantitative estimate of drug-likeness (QED) is 0.375. The van der Waals surface area contributed by atoms with Crippen molar-refractivity contribution in [2.24, 2.45) is 12.0 Å². The number of allylic oxidation sites excluding steroid dienone is 2. The summed E-state index contributed by atoms with van der Waals surface area (Å²) in [5, 5.41) is 23.8. The van der Waals surface area contributed by atoms with Gasteiger partial charge in [0.2, 0.25) is 17.1 Å². The number of unbranched alkanes of at least 4 members (excludes halogenated alkanes) is 1. The van der Waals surface area contributed by atoms with Gasteiger partial charge in [-0.3, -0.25) is 4.79 Å². The molecule has 2 N–H and O–H groups in total. The lowest BCUT2D eigenvalue weighted by molar-refractivity contribution is -0.674. The number of hydrogen-bond acceptors (Lipinski definition) is 4. The Bertz CT molecular complexity index is 1110. The van der Waals surface area contributed by atoms with Crippen LogP contribution in [-0.4, -0.2) is 35.3 Å². The third kappa shape index (κ3) is 4.18. The summed E-state index contributed by atoms with van der Waals surface area (Å²) >= 11 is 1.70. The highest BCUT2D eigenvalue weighted by atomic mass is 32.1. The van der Waals surface area contributed by atoms with Crippen molar-refractivity contribution in [2.45, 2.75) is 44.2 Å². The van der Waals surface area contributed by atoms with Crippen LogP contribution < -0.4 is 9.05 Å². The summed E-state index contributed by atoms with van der Waals surface area (Å²) in [5.74, 6) is -0.228. The van der Waals surface area contributed by atoms with Crippen LogP contribution in [0.5, 0.6) is 0 Å². The van der Waals surface area contributed by atoms with Crippen molar-refractivity contribution in [2.75, 3.05) is 7.05 Å². The van der Waals surface area contributed by atoms with E-state index in [1.165, 1.54) is 17.1 Å². The van der Waals surface area contributed by atoms with Crippen LogP contribution in [-0.2, 0) is 11.8 Å². The first-order chi connectivity index (χ1) is 15.3. The number of aliphatic carboxylic acids is 1. The summed E-state index contributed by atoms with van der Waals surface area (Å²) in [6.07, 6.45) is 7.93. The Kier molecular flexibility index (Phi) is 6.37. The van der Waals surface area contributed by atoms with E-state index in [9.17, 15) is 14.3 Å². The van der Waals surface area contributed by atoms with Gasteiger partial charge in [-0.25, -0.2) is 13.9 Å². The second kappa shape index (κ2) is 9.05. The zero-order valence-corrected chi connectivity index (χ0v) is 19.1. The molecule has 8 heteroatoms. The third-order valence-corrected chi connectivity index (χ3v) is 7.43. The van der Waals surface area contributed by atoms with Crippen LogP contribution in [0.3, 0.4) is 0 Å². The number of carboxylic acid groups (broad SMARTS) is 1. The van der Waals surface area contributed by atoms with Gasteiger partial charge in [-0.2, -0.15) is 4.57 Å². The Morgan fingerprint density at radius 3 is 2.72 bits per heavy atom. The summed E-state index contributed by atoms with van der Waals surface area (Å²) < 4.78 is 15.7. The minimum atomic E-state index is -0.878. The summed E-state index contributed by atoms with van der Waals surface area (Å²) in [7, 11) is 3.91. The van der Waals surface area contributed by atoms with Crippen LogP contribution in [0.25, 0.3) is 0 Å². The topological polar surface area (TPSA) is 73.8 Å². The fourth-order valence-electron chi connectivity index (χ4n) is 4.47. The molecule has 0 radical (unpaired) electrons. The van der Waals surface area contributed by atoms with E-state index in [2.05, 4.69) is 22.1 Å². The standard InChI is InChI=1S/C24H27FN3O3S/c1-27-13-14-32-23(27)16-7-12-19-20(15-16)26-21(5-3-4-6-22(29)30)28(2,24(19)31)18-10-8-17(25)9-11-18/h8-16,24,31H,3-7H2,1-2H3/q+1/p+1. The molecule has 6 nitrogen and oxygen atoms in total. The van der Waals surface area contributed by atoms with Crippen LogP contribution in [0.2, 0.25) is 0 Å². The van der Waals surface area contributed by atoms with Crippen LogP contribution in [0, 0.1) is 5.82 Å². The number of quaternary nitrogens is 1. The average Bonchev–Trinajstić information content (AvgIpc) is 3.20. The maximum atomic E-state index is 13.6. The van der Waals surface area contributed by atoms with Crippen molar-refractivity contribution in [1.82, 2.24) is 4.48 Å². The molecule has 168 valence electrons. The number of aliphatic imine (C=N–C) groups is 1. The second-order valence-electron chi connectivity index (χ2n) is 8.46. The molecule has 1 aromatic carbocycles. The van der Waals surface area contributed by atoms with Crippen molar-refractivity contribution >= 4 is 28.8 Å². The predicted molar refractivity (Wildman–Crippen MR) is 123 cm³/mol. The van der Waals surface area contributed by atoms with Crippen molar-refractivity contribution in [3.63, 3.8) is 0 Å². The summed E-state index contributed by atoms with van der Waals surface area (Å²) in [5.41, 5.74) is 2.29. The number of carbonyl (C=O) groups is 1. The van der Waals surface area contributed by atoms with Crippen LogP contribution in [0.1, 0.15) is 43.0 Å². The molecule has 2 aromatic rings. The van der Waals surface area contributed by atoms with Gasteiger partial charge in [-0.1, -0.05) is 17.4 Å². The van der Waals surface area contributed by atoms with Gasteiger partial charge in [0.25, 0.3) is 0 Å². The van der Waals surface area contributed by atoms with Gasteiger partial charge < -0.3 is 10.2 Å². The van der Waals surface area contributed by atoms with Crippen LogP contribution in [0.4, 0.5) is 10.1 Å². The Morgan fingerprint density at radius 1 is 1.31 bits per heavy atom. The number of rotatable bonds is 7. The average molecular weight is 458 g/mol. The SMILES string of the molecule is C[n+]1ccsc1C1C=C2N=C(CCCCC(=O)O)[N+](C)(c3ccc(F)cc3)C(O)C2=CC1. The minimum absolute atomic E-state index is 0.0357. The highest BCUT2D eigenvalue weighted by Crippen LogP contribution is 2.41. The molecular formula is C24H28FN3O3S+2. The first kappa shape index (κ1) is 22.5. The molecule has 1 aliphatic heterocycles. The zero-order valence-electron chi connectivity index (χ0n) is 18.2. The van der Waals surface area contributed by atoms with E-state index in [0.29, 0.717) is 19.3 Å². The zero-order chi connectivity index (χ0) is 22.9. The van der Waals surface area contributed by atoms with Gasteiger partial charge >= 0.3 is 5.97 Å². The monoisotopic (exact) mass is 457 g/mol. The van der Waals surface area contributed by atoms with E-state index in [0.717, 1.165) is 29.2 Å². The number of aromatic nitrogens is 1. The number of thiazole rings is 1. The van der Waals surface area contributed by atoms with E-state index >= 15 is 0 Å². The molecular weight excluding hydrogens is 429 g/mol. The van der Waals surface area contributed by atoms with Crippen molar-refractivity contribution in [1.29, 1.82) is 0 Å². The lowest BCUT2D eigenvalue weighted by Crippen LogP contribution is -2.61. The van der Waals surface area contributed by atoms with Gasteiger partial charge in [-0.05, 0) is 37.5 Å². The predicted octanol–water partition coefficient (Wildman–Crippen LogP) is 4.02. The van der Waals surface area contributed by atoms with Gasteiger partial charge in [-0.15, -0.1) is 0 Å². The fourth-order valence-corrected chi connectivity index (χ4v) is 5.42. The minimum Gasteiger partial charge on any atom is -0.481 e. The number of benzene rings is 1. The normalized spacial score (nSPS) is 24.9. The largest absolute Gasteiger partial charge is 0.481 e. The van der Waals surface area contributed by atoms with Crippen molar-refractivity contribution in [3.05, 3.63) is 70.1 Å². The molecule has 4 rings (SSSR count). The molecule has 32 heavy (non-hydrogen) atoms. The summed E-state index contributed by atoms with van der Waals surface area (Å²) in [6, 6.07) is 6.14. The molecule has 0 fully saturated rings. The van der Waals surface area contributed by atoms with E-state index in [1.54, 1.807) is 23.5 Å². The summed E-state index contributed by atoms with van der Waals surface area (Å²) in [4.78, 5) is 15.9. The number of aryl methyl sites for hydroxylation is 1. The molecule has 3 atom stereocenters. The number of halogens is 1. The van der Waals surface area contributed by atoms with E-state index < -0.39 is 12.2 Å². The Morgan fingerprint density at radius 2 is 2.06 bits per heavy atom. The first-order valence-corrected chi connectivity index (χ1v) is 11.6. The van der Waals surface area contributed by atoms with Crippen LogP contribution in [0.15, 0.2) is 64.3 Å². The molecule has 1 aromatic heterocycles. The smallest absolute Gasteiger partial charge is 0.303 e. The number of carboxylic acids is 1. The molecule has 1 aliphatic carbocycles. The molecule has 0 saturated heterocycles. The first-order valence-electron chi connectivity index (χ1n) is 10.8. The Balaban J connectivity index is 1.73. The van der Waals surface area contributed by atoms with Gasteiger partial charge in [0.1, 0.15) is 18.6 Å². The van der Waals surface area contributed by atoms with Crippen molar-refractivity contribution in [3.8, 4) is 0 Å². The number of fused-ring (bicyclic) bond motifs is 1. The van der Waals surface area contributed by atoms with Gasteiger partial charge in [0.05, 0.1) is 29.6 Å². The van der Waals surface area contributed by atoms with Gasteiger partial charge in [0.15, 0.2) is 6.20 Å². The molecule has 3 unspecified atom stereocenters. The molecule has 0 spiro atoms. The molecule has 0 saturated carbocycles. The van der Waals surface area contributed by atoms with E-state index in [1.807, 2.05) is 20.3 Å². The maximum absolute atomic E-state index is 13.6. The number of aliphatic hydroxyl groups is 1. The highest BCUT2D eigenvalue weighted by molar-refractivity contribution is 7.09. The van der Waals surface area contributed by atoms with E-state index in [4.69, 9.17) is 10.1 Å². The number of aliphatic hydroxyl groups excluding tert-OH is 1. The van der Waals surface area contributed by atoms with Crippen LogP contribution >= 0.6 is 11.3 Å². The lowest BCUT2D eigenvalue weighted by atomic mass is 9.90. The number of nitrogens with zero attached hydrogens (tertiary/aromatic N) is 3. The number of amidine groups is 1. The second-order valence-corrected chi connectivity index (χ2v) is 9.39. The third-order valence-electron chi connectivity index (χ3n) is 6.34. The molecule has 0 amide bonds. The molecule has 0 bridgehead atoms. The Hall–Kier alpha value is -2.68. The number of likely N-dealkylation sites (N-methyl/N-ethyl adjacent to an activating group) is 1.